The van der Waals surface area contributed by atoms with Crippen LogP contribution in [0.15, 0.2) is 36.4 Å². The van der Waals surface area contributed by atoms with Gasteiger partial charge in [0.1, 0.15) is 0 Å². The largest absolute Gasteiger partial charge is 0.203 e. The van der Waals surface area contributed by atoms with Gasteiger partial charge in [0.25, 0.3) is 0 Å². The van der Waals surface area contributed by atoms with Crippen LogP contribution >= 0.6 is 0 Å². The summed E-state index contributed by atoms with van der Waals surface area (Å²) in [7, 11) is 0. The van der Waals surface area contributed by atoms with E-state index < -0.39 is 11.6 Å². The molecule has 3 rings (SSSR count). The van der Waals surface area contributed by atoms with Gasteiger partial charge in [-0.15, -0.1) is 0 Å². The Morgan fingerprint density at radius 2 is 1.40 bits per heavy atom. The Morgan fingerprint density at radius 1 is 0.733 bits per heavy atom. The molecule has 0 spiro atoms. The predicted octanol–water partition coefficient (Wildman–Crippen LogP) is 9.22. The zero-order valence-electron chi connectivity index (χ0n) is 18.9. The van der Waals surface area contributed by atoms with Crippen molar-refractivity contribution in [3.8, 4) is 11.1 Å². The van der Waals surface area contributed by atoms with Crippen LogP contribution in [0, 0.1) is 17.6 Å². The van der Waals surface area contributed by atoms with Gasteiger partial charge in [-0.2, -0.15) is 0 Å². The SMILES string of the molecule is CCCCCc1ccc(-c2ccc(C3CCC(CCCCC)CC3)cc2)c(F)c1F. The summed E-state index contributed by atoms with van der Waals surface area (Å²) in [5.41, 5.74) is 2.99. The van der Waals surface area contributed by atoms with E-state index in [4.69, 9.17) is 0 Å². The highest BCUT2D eigenvalue weighted by Gasteiger charge is 2.22. The van der Waals surface area contributed by atoms with Crippen LogP contribution in [0.5, 0.6) is 0 Å². The second kappa shape index (κ2) is 11.6. The molecule has 2 aromatic rings. The number of benzene rings is 2. The molecule has 0 saturated heterocycles. The summed E-state index contributed by atoms with van der Waals surface area (Å²) in [6.45, 7) is 4.38. The first kappa shape index (κ1) is 23.0. The molecule has 0 N–H and O–H groups in total. The maximum absolute atomic E-state index is 14.7. The Labute approximate surface area is 182 Å². The van der Waals surface area contributed by atoms with Gasteiger partial charge < -0.3 is 0 Å². The zero-order valence-corrected chi connectivity index (χ0v) is 18.9. The molecule has 0 atom stereocenters. The first-order valence-electron chi connectivity index (χ1n) is 12.2. The van der Waals surface area contributed by atoms with E-state index in [0.717, 1.165) is 30.7 Å². The molecule has 164 valence electrons. The average molecular weight is 413 g/mol. The molecule has 0 nitrogen and oxygen atoms in total. The Bertz CT molecular complexity index is 770. The molecular weight excluding hydrogens is 374 g/mol. The van der Waals surface area contributed by atoms with Crippen molar-refractivity contribution in [2.45, 2.75) is 96.8 Å². The highest BCUT2D eigenvalue weighted by molar-refractivity contribution is 5.65. The van der Waals surface area contributed by atoms with E-state index in [1.165, 1.54) is 56.9 Å². The molecule has 0 unspecified atom stereocenters. The van der Waals surface area contributed by atoms with Gasteiger partial charge in [0.15, 0.2) is 11.6 Å². The molecule has 2 aromatic carbocycles. The highest BCUT2D eigenvalue weighted by Crippen LogP contribution is 2.38. The van der Waals surface area contributed by atoms with Gasteiger partial charge in [0.2, 0.25) is 0 Å². The minimum atomic E-state index is -0.704. The summed E-state index contributed by atoms with van der Waals surface area (Å²) in [4.78, 5) is 0. The lowest BCUT2D eigenvalue weighted by Gasteiger charge is -2.29. The molecule has 0 bridgehead atoms. The van der Waals surface area contributed by atoms with Crippen LogP contribution in [0.4, 0.5) is 8.78 Å². The molecule has 1 saturated carbocycles. The summed E-state index contributed by atoms with van der Waals surface area (Å²) >= 11 is 0. The fourth-order valence-electron chi connectivity index (χ4n) is 4.97. The summed E-state index contributed by atoms with van der Waals surface area (Å²) < 4.78 is 29.2. The molecule has 2 heteroatoms. The van der Waals surface area contributed by atoms with E-state index in [1.54, 1.807) is 12.1 Å². The fourth-order valence-corrected chi connectivity index (χ4v) is 4.97. The van der Waals surface area contributed by atoms with Crippen molar-refractivity contribution in [3.63, 3.8) is 0 Å². The highest BCUT2D eigenvalue weighted by atomic mass is 19.2. The van der Waals surface area contributed by atoms with Crippen molar-refractivity contribution in [2.24, 2.45) is 5.92 Å². The minimum absolute atomic E-state index is 0.373. The van der Waals surface area contributed by atoms with Crippen molar-refractivity contribution in [3.05, 3.63) is 59.2 Å². The third-order valence-corrected chi connectivity index (χ3v) is 6.97. The molecule has 0 aromatic heterocycles. The van der Waals surface area contributed by atoms with Crippen molar-refractivity contribution in [1.82, 2.24) is 0 Å². The van der Waals surface area contributed by atoms with Crippen LogP contribution in [0.2, 0.25) is 0 Å². The lowest BCUT2D eigenvalue weighted by atomic mass is 9.77. The van der Waals surface area contributed by atoms with Crippen molar-refractivity contribution < 1.29 is 8.78 Å². The van der Waals surface area contributed by atoms with E-state index in [0.29, 0.717) is 23.5 Å². The second-order valence-electron chi connectivity index (χ2n) is 9.19. The maximum Gasteiger partial charge on any atom is 0.166 e. The molecule has 1 fully saturated rings. The first-order valence-corrected chi connectivity index (χ1v) is 12.2. The van der Waals surface area contributed by atoms with Crippen molar-refractivity contribution in [2.75, 3.05) is 0 Å². The Kier molecular flexibility index (Phi) is 8.90. The number of aryl methyl sites for hydroxylation is 1. The number of rotatable bonds is 10. The van der Waals surface area contributed by atoms with E-state index in [-0.39, 0.29) is 0 Å². The van der Waals surface area contributed by atoms with Crippen molar-refractivity contribution >= 4 is 0 Å². The number of hydrogen-bond acceptors (Lipinski definition) is 0. The zero-order chi connectivity index (χ0) is 21.3. The number of halogens is 2. The molecule has 0 heterocycles. The summed E-state index contributed by atoms with van der Waals surface area (Å²) in [6, 6.07) is 11.7. The van der Waals surface area contributed by atoms with Gasteiger partial charge in [-0.3, -0.25) is 0 Å². The number of hydrogen-bond donors (Lipinski definition) is 0. The lowest BCUT2D eigenvalue weighted by molar-refractivity contribution is 0.303. The third kappa shape index (κ3) is 5.93. The lowest BCUT2D eigenvalue weighted by Crippen LogP contribution is -2.13. The Hall–Kier alpha value is -1.70. The summed E-state index contributed by atoms with van der Waals surface area (Å²) in [5, 5.41) is 0. The van der Waals surface area contributed by atoms with Gasteiger partial charge in [-0.05, 0) is 67.1 Å². The van der Waals surface area contributed by atoms with Crippen LogP contribution in [0.3, 0.4) is 0 Å². The van der Waals surface area contributed by atoms with Gasteiger partial charge in [0.05, 0.1) is 0 Å². The Balaban J connectivity index is 1.61. The van der Waals surface area contributed by atoms with Gasteiger partial charge in [-0.25, -0.2) is 8.78 Å². The number of unbranched alkanes of at least 4 members (excludes halogenated alkanes) is 4. The van der Waals surface area contributed by atoms with Gasteiger partial charge in [0, 0.05) is 5.56 Å². The van der Waals surface area contributed by atoms with Crippen LogP contribution in [0.1, 0.15) is 102 Å². The molecule has 0 radical (unpaired) electrons. The first-order chi connectivity index (χ1) is 14.6. The van der Waals surface area contributed by atoms with E-state index in [2.05, 4.69) is 26.0 Å². The van der Waals surface area contributed by atoms with E-state index in [9.17, 15) is 8.78 Å². The van der Waals surface area contributed by atoms with Crippen LogP contribution in [-0.2, 0) is 6.42 Å². The predicted molar refractivity (Wildman–Crippen MR) is 124 cm³/mol. The minimum Gasteiger partial charge on any atom is -0.203 e. The van der Waals surface area contributed by atoms with Crippen LogP contribution in [-0.4, -0.2) is 0 Å². The van der Waals surface area contributed by atoms with Crippen molar-refractivity contribution in [1.29, 1.82) is 0 Å². The molecule has 0 aliphatic heterocycles. The molecule has 30 heavy (non-hydrogen) atoms. The van der Waals surface area contributed by atoms with E-state index >= 15 is 0 Å². The standard InChI is InChI=1S/C28H38F2/c1-3-5-7-9-21-11-13-22(14-12-21)23-15-17-24(18-16-23)26-20-19-25(10-8-6-4-2)27(29)28(26)30/h15-22H,3-14H2,1-2H3. The Morgan fingerprint density at radius 3 is 2.07 bits per heavy atom. The third-order valence-electron chi connectivity index (χ3n) is 6.97. The molecule has 1 aliphatic carbocycles. The normalized spacial score (nSPS) is 19.2. The maximum atomic E-state index is 14.7. The summed E-state index contributed by atoms with van der Waals surface area (Å²) in [6.07, 6.45) is 14.2. The smallest absolute Gasteiger partial charge is 0.166 e. The molecule has 0 amide bonds. The van der Waals surface area contributed by atoms with Crippen LogP contribution in [0.25, 0.3) is 11.1 Å². The average Bonchev–Trinajstić information content (AvgIpc) is 2.78. The van der Waals surface area contributed by atoms with Gasteiger partial charge >= 0.3 is 0 Å². The van der Waals surface area contributed by atoms with E-state index in [1.807, 2.05) is 12.1 Å². The molecule has 1 aliphatic rings. The molecular formula is C28H38F2. The topological polar surface area (TPSA) is 0 Å². The second-order valence-corrected chi connectivity index (χ2v) is 9.19. The fraction of sp³-hybridized carbons (Fsp3) is 0.571. The monoisotopic (exact) mass is 412 g/mol. The van der Waals surface area contributed by atoms with Gasteiger partial charge in [-0.1, -0.05) is 88.8 Å². The van der Waals surface area contributed by atoms with Crippen LogP contribution < -0.4 is 0 Å². The quantitative estimate of drug-likeness (QED) is 0.341. The summed E-state index contributed by atoms with van der Waals surface area (Å²) in [5.74, 6) is 0.141.